The molecule has 2 N–H and O–H groups in total. The minimum Gasteiger partial charge on any atom is -0.490 e. The molecule has 2 aromatic rings. The highest BCUT2D eigenvalue weighted by Gasteiger charge is 2.36. The van der Waals surface area contributed by atoms with Crippen LogP contribution in [-0.2, 0) is 6.42 Å². The maximum absolute atomic E-state index is 11.9. The molecule has 1 amide bonds. The van der Waals surface area contributed by atoms with Crippen molar-refractivity contribution in [3.05, 3.63) is 48.3 Å². The first-order valence-electron chi connectivity index (χ1n) is 7.91. The van der Waals surface area contributed by atoms with E-state index in [2.05, 4.69) is 27.2 Å². The highest BCUT2D eigenvalue weighted by Crippen LogP contribution is 2.29. The summed E-state index contributed by atoms with van der Waals surface area (Å²) in [5.74, 6) is 1.06. The van der Waals surface area contributed by atoms with E-state index in [9.17, 15) is 9.90 Å². The quantitative estimate of drug-likeness (QED) is 0.748. The number of hydrogen-bond acceptors (Lipinski definition) is 5. The van der Waals surface area contributed by atoms with Crippen LogP contribution in [0.4, 0.5) is 4.79 Å². The zero-order chi connectivity index (χ0) is 18.4. The Morgan fingerprint density at radius 1 is 1.40 bits per heavy atom. The Bertz CT molecular complexity index is 692. The Balaban J connectivity index is 2.28. The van der Waals surface area contributed by atoms with Gasteiger partial charge in [0.2, 0.25) is 0 Å². The van der Waals surface area contributed by atoms with Gasteiger partial charge in [-0.2, -0.15) is 5.21 Å². The SMILES string of the molecule is C=CCOc1ccc(CC(c2nn[nH]n2)N(C(=O)O)C(C)(C)C)cc1. The summed E-state index contributed by atoms with van der Waals surface area (Å²) in [4.78, 5) is 13.2. The number of carbonyl (C=O) groups is 1. The van der Waals surface area contributed by atoms with Crippen LogP contribution in [-0.4, -0.2) is 48.9 Å². The number of tetrazole rings is 1. The molecular formula is C17H23N5O3. The molecule has 0 saturated carbocycles. The van der Waals surface area contributed by atoms with Crippen LogP contribution in [0.15, 0.2) is 36.9 Å². The molecule has 1 unspecified atom stereocenters. The average Bonchev–Trinajstić information content (AvgIpc) is 3.06. The first-order chi connectivity index (χ1) is 11.8. The topological polar surface area (TPSA) is 104 Å². The number of ether oxygens (including phenoxy) is 1. The van der Waals surface area contributed by atoms with E-state index in [4.69, 9.17) is 4.74 Å². The maximum atomic E-state index is 11.9. The lowest BCUT2D eigenvalue weighted by atomic mass is 9.98. The first kappa shape index (κ1) is 18.4. The van der Waals surface area contributed by atoms with Crippen LogP contribution in [0, 0.1) is 0 Å². The van der Waals surface area contributed by atoms with Crippen LogP contribution in [0.2, 0.25) is 0 Å². The second-order valence-corrected chi connectivity index (χ2v) is 6.56. The zero-order valence-electron chi connectivity index (χ0n) is 14.6. The van der Waals surface area contributed by atoms with Gasteiger partial charge in [0, 0.05) is 12.0 Å². The predicted octanol–water partition coefficient (Wildman–Crippen LogP) is 2.83. The van der Waals surface area contributed by atoms with Crippen LogP contribution >= 0.6 is 0 Å². The van der Waals surface area contributed by atoms with Crippen molar-refractivity contribution in [2.45, 2.75) is 38.8 Å². The molecule has 0 radical (unpaired) electrons. The number of carboxylic acid groups (broad SMARTS) is 1. The number of aromatic amines is 1. The van der Waals surface area contributed by atoms with Gasteiger partial charge < -0.3 is 9.84 Å². The zero-order valence-corrected chi connectivity index (χ0v) is 14.6. The highest BCUT2D eigenvalue weighted by atomic mass is 16.5. The summed E-state index contributed by atoms with van der Waals surface area (Å²) in [6.07, 6.45) is 1.06. The van der Waals surface area contributed by atoms with Gasteiger partial charge in [-0.15, -0.1) is 10.2 Å². The van der Waals surface area contributed by atoms with Crippen molar-refractivity contribution in [3.63, 3.8) is 0 Å². The molecule has 8 nitrogen and oxygen atoms in total. The number of H-pyrrole nitrogens is 1. The van der Waals surface area contributed by atoms with E-state index in [0.717, 1.165) is 11.3 Å². The molecule has 0 aliphatic rings. The van der Waals surface area contributed by atoms with E-state index in [1.807, 2.05) is 45.0 Å². The summed E-state index contributed by atoms with van der Waals surface area (Å²) in [7, 11) is 0. The molecule has 25 heavy (non-hydrogen) atoms. The third-order valence-corrected chi connectivity index (χ3v) is 3.62. The number of benzene rings is 1. The Morgan fingerprint density at radius 3 is 2.56 bits per heavy atom. The summed E-state index contributed by atoms with van der Waals surface area (Å²) in [6.45, 7) is 9.54. The number of aromatic nitrogens is 4. The Kier molecular flexibility index (Phi) is 5.74. The van der Waals surface area contributed by atoms with Gasteiger partial charge in [-0.1, -0.05) is 30.0 Å². The largest absolute Gasteiger partial charge is 0.490 e. The van der Waals surface area contributed by atoms with Crippen molar-refractivity contribution < 1.29 is 14.6 Å². The van der Waals surface area contributed by atoms with E-state index < -0.39 is 17.7 Å². The fraction of sp³-hybridized carbons (Fsp3) is 0.412. The van der Waals surface area contributed by atoms with Gasteiger partial charge in [-0.25, -0.2) is 4.79 Å². The normalized spacial score (nSPS) is 12.4. The molecule has 2 rings (SSSR count). The predicted molar refractivity (Wildman–Crippen MR) is 92.4 cm³/mol. The van der Waals surface area contributed by atoms with Crippen LogP contribution in [0.1, 0.15) is 38.2 Å². The van der Waals surface area contributed by atoms with Gasteiger partial charge in [-0.05, 0) is 38.5 Å². The lowest BCUT2D eigenvalue weighted by Gasteiger charge is -2.38. The molecule has 0 aliphatic heterocycles. The number of nitrogens with zero attached hydrogens (tertiary/aromatic N) is 4. The van der Waals surface area contributed by atoms with Gasteiger partial charge in [-0.3, -0.25) is 4.90 Å². The van der Waals surface area contributed by atoms with Crippen molar-refractivity contribution in [1.29, 1.82) is 0 Å². The van der Waals surface area contributed by atoms with Gasteiger partial charge in [0.25, 0.3) is 0 Å². The van der Waals surface area contributed by atoms with Gasteiger partial charge >= 0.3 is 6.09 Å². The van der Waals surface area contributed by atoms with Gasteiger partial charge in [0.15, 0.2) is 5.82 Å². The molecule has 1 heterocycles. The van der Waals surface area contributed by atoms with Crippen LogP contribution in [0.5, 0.6) is 5.75 Å². The Morgan fingerprint density at radius 2 is 2.08 bits per heavy atom. The molecule has 1 aromatic heterocycles. The van der Waals surface area contributed by atoms with Crippen molar-refractivity contribution >= 4 is 6.09 Å². The molecule has 1 atom stereocenters. The number of nitrogens with one attached hydrogen (secondary N) is 1. The third kappa shape index (κ3) is 4.79. The van der Waals surface area contributed by atoms with Crippen LogP contribution in [0.3, 0.4) is 0 Å². The molecule has 134 valence electrons. The molecule has 0 spiro atoms. The summed E-state index contributed by atoms with van der Waals surface area (Å²) in [5.41, 5.74) is 0.320. The number of amides is 1. The van der Waals surface area contributed by atoms with Crippen molar-refractivity contribution in [1.82, 2.24) is 25.5 Å². The molecular weight excluding hydrogens is 322 g/mol. The summed E-state index contributed by atoms with van der Waals surface area (Å²) in [5, 5.41) is 23.7. The molecule has 8 heteroatoms. The fourth-order valence-electron chi connectivity index (χ4n) is 2.60. The number of hydrogen-bond donors (Lipinski definition) is 2. The maximum Gasteiger partial charge on any atom is 0.408 e. The Hall–Kier alpha value is -2.90. The van der Waals surface area contributed by atoms with E-state index in [-0.39, 0.29) is 0 Å². The van der Waals surface area contributed by atoms with Crippen LogP contribution < -0.4 is 4.74 Å². The minimum atomic E-state index is -1.03. The summed E-state index contributed by atoms with van der Waals surface area (Å²) < 4.78 is 5.47. The molecule has 0 bridgehead atoms. The van der Waals surface area contributed by atoms with Crippen molar-refractivity contribution in [3.8, 4) is 5.75 Å². The van der Waals surface area contributed by atoms with Crippen molar-refractivity contribution in [2.75, 3.05) is 6.61 Å². The smallest absolute Gasteiger partial charge is 0.408 e. The highest BCUT2D eigenvalue weighted by molar-refractivity contribution is 5.66. The minimum absolute atomic E-state index is 0.337. The fourth-order valence-corrected chi connectivity index (χ4v) is 2.60. The van der Waals surface area contributed by atoms with Crippen molar-refractivity contribution in [2.24, 2.45) is 0 Å². The monoisotopic (exact) mass is 345 g/mol. The molecule has 0 fully saturated rings. The second kappa shape index (κ2) is 7.78. The lowest BCUT2D eigenvalue weighted by molar-refractivity contribution is 0.0668. The molecule has 1 aromatic carbocycles. The average molecular weight is 345 g/mol. The van der Waals surface area contributed by atoms with E-state index in [1.165, 1.54) is 4.90 Å². The van der Waals surface area contributed by atoms with E-state index in [1.54, 1.807) is 6.08 Å². The molecule has 0 saturated heterocycles. The lowest BCUT2D eigenvalue weighted by Crippen LogP contribution is -2.48. The summed E-state index contributed by atoms with van der Waals surface area (Å²) >= 11 is 0. The van der Waals surface area contributed by atoms with E-state index >= 15 is 0 Å². The molecule has 0 aliphatic carbocycles. The third-order valence-electron chi connectivity index (χ3n) is 3.62. The van der Waals surface area contributed by atoms with Gasteiger partial charge in [0.05, 0.1) is 0 Å². The van der Waals surface area contributed by atoms with Gasteiger partial charge in [0.1, 0.15) is 18.4 Å². The first-order valence-corrected chi connectivity index (χ1v) is 7.91. The summed E-state index contributed by atoms with van der Waals surface area (Å²) in [6, 6.07) is 6.92. The standard InChI is InChI=1S/C17H23N5O3/c1-5-10-25-13-8-6-12(7-9-13)11-14(15-18-20-21-19-15)22(16(23)24)17(2,3)4/h5-9,14H,1,10-11H2,2-4H3,(H,23,24)(H,18,19,20,21). The number of rotatable bonds is 7. The second-order valence-electron chi connectivity index (χ2n) is 6.56. The van der Waals surface area contributed by atoms with Crippen LogP contribution in [0.25, 0.3) is 0 Å². The van der Waals surface area contributed by atoms with E-state index in [0.29, 0.717) is 18.9 Å². The Labute approximate surface area is 146 Å².